The van der Waals surface area contributed by atoms with Crippen LogP contribution in [-0.2, 0) is 0 Å². The van der Waals surface area contributed by atoms with E-state index in [2.05, 4.69) is 0 Å². The second-order valence-corrected chi connectivity index (χ2v) is 6.43. The Bertz CT molecular complexity index is 271. The van der Waals surface area contributed by atoms with E-state index in [0.29, 0.717) is 0 Å². The summed E-state index contributed by atoms with van der Waals surface area (Å²) in [6.07, 6.45) is 21.4. The Morgan fingerprint density at radius 3 is 0.818 bits per heavy atom. The van der Waals surface area contributed by atoms with E-state index in [-0.39, 0.29) is 0 Å². The summed E-state index contributed by atoms with van der Waals surface area (Å²) in [6, 6.07) is 0. The average Bonchev–Trinajstić information content (AvgIpc) is 2.41. The normalized spacial score (nSPS) is 20.9. The fourth-order valence-corrected chi connectivity index (χ4v) is 3.92. The molecule has 0 bridgehead atoms. The predicted molar refractivity (Wildman–Crippen MR) is 86.8 cm³/mol. The standard InChI is InChI=1S/C16H30.2H2N3/c1-3-7-11-15(12-8-4-1)16-13-9-5-2-6-10-14-16;2*1-3-2/h15-16H,1-14H2;2*1-2H/q;2*+1. The van der Waals surface area contributed by atoms with Crippen LogP contribution in [0.25, 0.3) is 0 Å². The molecule has 0 spiro atoms. The summed E-state index contributed by atoms with van der Waals surface area (Å²) in [5.41, 5.74) is 22.0. The highest BCUT2D eigenvalue weighted by atomic mass is 15.0. The van der Waals surface area contributed by atoms with Gasteiger partial charge in [0.2, 0.25) is 9.82 Å². The van der Waals surface area contributed by atoms with Crippen molar-refractivity contribution in [2.45, 2.75) is 89.9 Å². The number of rotatable bonds is 1. The largest absolute Gasteiger partial charge is 0.211 e. The van der Waals surface area contributed by atoms with E-state index in [4.69, 9.17) is 22.1 Å². The molecule has 2 aliphatic carbocycles. The molecule has 0 unspecified atom stereocenters. The molecule has 6 heteroatoms. The van der Waals surface area contributed by atoms with Crippen LogP contribution in [-0.4, -0.2) is 0 Å². The fraction of sp³-hybridized carbons (Fsp3) is 1.00. The molecular weight excluding hydrogens is 276 g/mol. The van der Waals surface area contributed by atoms with Crippen LogP contribution in [0.3, 0.4) is 0 Å². The van der Waals surface area contributed by atoms with Crippen LogP contribution in [0.1, 0.15) is 89.9 Å². The maximum Gasteiger partial charge on any atom is 0.211 e. The van der Waals surface area contributed by atoms with E-state index in [0.717, 1.165) is 11.8 Å². The lowest BCUT2D eigenvalue weighted by atomic mass is 9.76. The summed E-state index contributed by atoms with van der Waals surface area (Å²) >= 11 is 0. The van der Waals surface area contributed by atoms with Gasteiger partial charge in [-0.2, -0.15) is 0 Å². The van der Waals surface area contributed by atoms with Gasteiger partial charge in [0.25, 0.3) is 0 Å². The van der Waals surface area contributed by atoms with Crippen LogP contribution < -0.4 is 9.82 Å². The van der Waals surface area contributed by atoms with Crippen molar-refractivity contribution in [3.63, 3.8) is 0 Å². The van der Waals surface area contributed by atoms with Crippen molar-refractivity contribution < 1.29 is 0 Å². The van der Waals surface area contributed by atoms with Crippen LogP contribution in [0.15, 0.2) is 0 Å². The monoisotopic (exact) mass is 310 g/mol. The summed E-state index contributed by atoms with van der Waals surface area (Å²) in [7, 11) is 0. The third-order valence-electron chi connectivity index (χ3n) is 4.97. The molecule has 2 aliphatic rings. The highest BCUT2D eigenvalue weighted by molar-refractivity contribution is 4.74. The first-order valence-electron chi connectivity index (χ1n) is 8.86. The third kappa shape index (κ3) is 11.3. The molecule has 0 aromatic rings. The Kier molecular flexibility index (Phi) is 15.0. The fourth-order valence-electron chi connectivity index (χ4n) is 3.92. The average molecular weight is 310 g/mol. The van der Waals surface area contributed by atoms with Gasteiger partial charge in [0.05, 0.1) is 0 Å². The first-order valence-corrected chi connectivity index (χ1v) is 8.86. The smallest absolute Gasteiger partial charge is 0.0533 e. The summed E-state index contributed by atoms with van der Waals surface area (Å²) in [4.78, 5) is 4.00. The molecule has 0 aromatic heterocycles. The van der Waals surface area contributed by atoms with Gasteiger partial charge in [-0.1, -0.05) is 89.9 Å². The van der Waals surface area contributed by atoms with Gasteiger partial charge in [0, 0.05) is 0 Å². The Balaban J connectivity index is 0.000000639. The first-order chi connectivity index (χ1) is 10.8. The number of nitrogens with one attached hydrogen (secondary N) is 4. The van der Waals surface area contributed by atoms with Gasteiger partial charge in [0.1, 0.15) is 22.1 Å². The number of nitrogens with zero attached hydrogens (tertiary/aromatic N) is 2. The minimum atomic E-state index is 1.11. The van der Waals surface area contributed by atoms with Crippen LogP contribution >= 0.6 is 0 Å². The molecule has 4 N–H and O–H groups in total. The second-order valence-electron chi connectivity index (χ2n) is 6.43. The molecule has 6 nitrogen and oxygen atoms in total. The van der Waals surface area contributed by atoms with Crippen LogP contribution in [0.4, 0.5) is 0 Å². The molecule has 0 heterocycles. The summed E-state index contributed by atoms with van der Waals surface area (Å²) in [5, 5.41) is 0. The van der Waals surface area contributed by atoms with Gasteiger partial charge in [-0.15, -0.1) is 0 Å². The minimum Gasteiger partial charge on any atom is -0.0533 e. The minimum absolute atomic E-state index is 1.11. The van der Waals surface area contributed by atoms with Crippen molar-refractivity contribution in [1.29, 1.82) is 22.1 Å². The zero-order valence-electron chi connectivity index (χ0n) is 13.9. The molecule has 126 valence electrons. The molecule has 22 heavy (non-hydrogen) atoms. The summed E-state index contributed by atoms with van der Waals surface area (Å²) in [5.74, 6) is 2.22. The van der Waals surface area contributed by atoms with Gasteiger partial charge in [0.15, 0.2) is 0 Å². The molecule has 0 radical (unpaired) electrons. The molecule has 0 atom stereocenters. The van der Waals surface area contributed by atoms with Crippen molar-refractivity contribution >= 4 is 0 Å². The Morgan fingerprint density at radius 1 is 0.409 bits per heavy atom. The van der Waals surface area contributed by atoms with Crippen molar-refractivity contribution in [2.24, 2.45) is 11.8 Å². The van der Waals surface area contributed by atoms with Gasteiger partial charge in [-0.3, -0.25) is 0 Å². The Labute approximate surface area is 134 Å². The number of hydrogen-bond donors (Lipinski definition) is 4. The van der Waals surface area contributed by atoms with E-state index < -0.39 is 0 Å². The van der Waals surface area contributed by atoms with Gasteiger partial charge in [-0.25, -0.2) is 0 Å². The molecule has 0 saturated heterocycles. The lowest BCUT2D eigenvalue weighted by Crippen LogP contribution is -2.17. The maximum absolute atomic E-state index is 5.50. The molecule has 0 aliphatic heterocycles. The van der Waals surface area contributed by atoms with E-state index in [1.165, 1.54) is 64.2 Å². The zero-order valence-corrected chi connectivity index (χ0v) is 13.9. The van der Waals surface area contributed by atoms with E-state index in [9.17, 15) is 0 Å². The van der Waals surface area contributed by atoms with E-state index in [1.54, 1.807) is 25.7 Å². The van der Waals surface area contributed by atoms with E-state index >= 15 is 0 Å². The summed E-state index contributed by atoms with van der Waals surface area (Å²) < 4.78 is 0. The Morgan fingerprint density at radius 2 is 0.591 bits per heavy atom. The molecule has 0 aromatic carbocycles. The molecule has 2 fully saturated rings. The van der Waals surface area contributed by atoms with Gasteiger partial charge in [-0.05, 0) is 11.8 Å². The van der Waals surface area contributed by atoms with Gasteiger partial charge < -0.3 is 0 Å². The second kappa shape index (κ2) is 16.0. The van der Waals surface area contributed by atoms with Crippen molar-refractivity contribution in [3.05, 3.63) is 0 Å². The quantitative estimate of drug-likeness (QED) is 0.338. The van der Waals surface area contributed by atoms with Crippen LogP contribution in [0, 0.1) is 34.0 Å². The lowest BCUT2D eigenvalue weighted by Gasteiger charge is -2.30. The third-order valence-corrected chi connectivity index (χ3v) is 4.97. The summed E-state index contributed by atoms with van der Waals surface area (Å²) in [6.45, 7) is 0. The number of hydrogen-bond acceptors (Lipinski definition) is 4. The van der Waals surface area contributed by atoms with Gasteiger partial charge >= 0.3 is 0 Å². The molecule has 2 rings (SSSR count). The van der Waals surface area contributed by atoms with Crippen LogP contribution in [0.2, 0.25) is 0 Å². The molecule has 0 amide bonds. The highest BCUT2D eigenvalue weighted by Crippen LogP contribution is 2.35. The van der Waals surface area contributed by atoms with E-state index in [1.807, 2.05) is 9.82 Å². The van der Waals surface area contributed by atoms with Crippen LogP contribution in [0.5, 0.6) is 0 Å². The van der Waals surface area contributed by atoms with Crippen molar-refractivity contribution in [3.8, 4) is 0 Å². The highest BCUT2D eigenvalue weighted by Gasteiger charge is 2.22. The predicted octanol–water partition coefficient (Wildman–Crippen LogP) is 5.94. The SMILES string of the molecule is C1CCCC(C2CCCCCCC2)CCC1.N=[N+]=N.N=[N+]=N. The topological polar surface area (TPSA) is 124 Å². The maximum atomic E-state index is 5.50. The first kappa shape index (κ1) is 20.6. The lowest BCUT2D eigenvalue weighted by molar-refractivity contribution is 0.221. The van der Waals surface area contributed by atoms with Crippen molar-refractivity contribution in [2.75, 3.05) is 0 Å². The zero-order chi connectivity index (χ0) is 16.5. The van der Waals surface area contributed by atoms with Crippen molar-refractivity contribution in [1.82, 2.24) is 9.82 Å². The Hall–Kier alpha value is -1.38. The molecular formula is C16H34N6+2. The molecule has 2 saturated carbocycles.